The topological polar surface area (TPSA) is 605 Å². The van der Waals surface area contributed by atoms with Gasteiger partial charge in [-0.05, 0) is 75.8 Å². The summed E-state index contributed by atoms with van der Waals surface area (Å²) in [6.45, 7) is 8.87. The number of fused-ring (bicyclic) bond motifs is 1. The number of carbonyl (C=O) groups excluding carboxylic acids is 16. The number of nitrogens with zero attached hydrogens (tertiary/aromatic N) is 4. The molecule has 0 saturated carbocycles. The Morgan fingerprint density at radius 2 is 1.17 bits per heavy atom. The lowest BCUT2D eigenvalue weighted by Crippen LogP contribution is -2.60. The van der Waals surface area contributed by atoms with Crippen LogP contribution in [0.25, 0.3) is 10.9 Å². The number of H-pyrrole nitrogens is 2. The minimum atomic E-state index is -1.79. The summed E-state index contributed by atoms with van der Waals surface area (Å²) in [4.78, 5) is 240. The SMILES string of the molecule is CSCC[C@H](NC(=O)[C@H](CC(C)C)NC(=O)[C@H](Cc1cnc[nH]1)NC(=O)CNC(=O)[C@@H](NC(=O)[C@H](C)NC(=O)[C@H](Cc1c[nH]c2ccccc12)NC(=O)[C@H](CCC(N)=O)NC(=O)[C@H](CC(=O)O)NC(=O)CN1CCN(CCNC(=O)CNC(=O)[C@H](CSCNC(C)=O)NC(=O)[C@H](CO)NC(=O)CN(C)C)CC1)C(C)C)C(N)=O. The van der Waals surface area contributed by atoms with Gasteiger partial charge in [0.1, 0.15) is 60.4 Å². The van der Waals surface area contributed by atoms with Gasteiger partial charge in [-0.25, -0.2) is 4.98 Å². The molecule has 3 heterocycles. The highest BCUT2D eigenvalue weighted by Gasteiger charge is 2.36. The van der Waals surface area contributed by atoms with Crippen molar-refractivity contribution in [3.05, 3.63) is 54.2 Å². The lowest BCUT2D eigenvalue weighted by atomic mass is 10.0. The van der Waals surface area contributed by atoms with Crippen molar-refractivity contribution in [2.24, 2.45) is 23.3 Å². The number of thioether (sulfide) groups is 2. The Hall–Kier alpha value is -10.5. The molecule has 41 nitrogen and oxygen atoms in total. The van der Waals surface area contributed by atoms with Gasteiger partial charge in [0.2, 0.25) is 94.5 Å². The molecule has 16 amide bonds. The zero-order valence-electron chi connectivity index (χ0n) is 64.9. The van der Waals surface area contributed by atoms with Crippen molar-refractivity contribution < 1.29 is 91.7 Å². The summed E-state index contributed by atoms with van der Waals surface area (Å²) < 4.78 is 0. The van der Waals surface area contributed by atoms with Crippen LogP contribution >= 0.6 is 23.5 Å². The lowest BCUT2D eigenvalue weighted by Gasteiger charge is -2.34. The molecule has 43 heteroatoms. The monoisotopic (exact) mass is 1630 g/mol. The van der Waals surface area contributed by atoms with Crippen LogP contribution in [0.1, 0.15) is 84.9 Å². The van der Waals surface area contributed by atoms with Gasteiger partial charge in [-0.3, -0.25) is 91.3 Å². The first kappa shape index (κ1) is 94.9. The molecule has 0 spiro atoms. The molecular formula is C70H110N22O19S2. The highest BCUT2D eigenvalue weighted by Crippen LogP contribution is 2.20. The number of para-hydroxylation sites is 1. The molecular weight excluding hydrogens is 1520 g/mol. The normalized spacial score (nSPS) is 15.0. The van der Waals surface area contributed by atoms with Crippen molar-refractivity contribution >= 4 is 135 Å². The fourth-order valence-electron chi connectivity index (χ4n) is 11.3. The number of aliphatic hydroxyl groups is 1. The van der Waals surface area contributed by atoms with Crippen molar-refractivity contribution in [3.8, 4) is 0 Å². The summed E-state index contributed by atoms with van der Waals surface area (Å²) in [5, 5.41) is 55.8. The predicted molar refractivity (Wildman–Crippen MR) is 415 cm³/mol. The van der Waals surface area contributed by atoms with Crippen molar-refractivity contribution in [1.82, 2.24) is 104 Å². The van der Waals surface area contributed by atoms with E-state index in [0.717, 1.165) is 11.8 Å². The molecule has 4 rings (SSSR count). The van der Waals surface area contributed by atoms with E-state index in [2.05, 4.69) is 89.4 Å². The van der Waals surface area contributed by atoms with E-state index >= 15 is 0 Å². The van der Waals surface area contributed by atoms with Gasteiger partial charge in [-0.15, -0.1) is 11.8 Å². The number of aliphatic carboxylic acids is 1. The number of aromatic amines is 2. The van der Waals surface area contributed by atoms with E-state index in [1.165, 1.54) is 38.1 Å². The second-order valence-electron chi connectivity index (χ2n) is 28.0. The lowest BCUT2D eigenvalue weighted by molar-refractivity contribution is -0.141. The van der Waals surface area contributed by atoms with E-state index in [4.69, 9.17) is 11.5 Å². The summed E-state index contributed by atoms with van der Waals surface area (Å²) in [5.74, 6) is -14.5. The van der Waals surface area contributed by atoms with Gasteiger partial charge in [-0.2, -0.15) is 11.8 Å². The Balaban J connectivity index is 1.39. The quantitative estimate of drug-likeness (QED) is 0.0184. The van der Waals surface area contributed by atoms with Crippen LogP contribution in [0.5, 0.6) is 0 Å². The fraction of sp³-hybridized carbons (Fsp3) is 0.600. The van der Waals surface area contributed by atoms with Crippen LogP contribution in [-0.2, 0) is 94.3 Å². The number of imidazole rings is 1. The molecule has 1 saturated heterocycles. The van der Waals surface area contributed by atoms with Gasteiger partial charge >= 0.3 is 5.97 Å². The number of hydrogen-bond donors (Lipinski definition) is 20. The average Bonchev–Trinajstić information content (AvgIpc) is 1.67. The molecule has 22 N–H and O–H groups in total. The Kier molecular flexibility index (Phi) is 41.2. The van der Waals surface area contributed by atoms with Crippen LogP contribution < -0.4 is 85.9 Å². The maximum absolute atomic E-state index is 14.5. The van der Waals surface area contributed by atoms with Gasteiger partial charge in [0, 0.05) is 100 Å². The maximum atomic E-state index is 14.5. The first-order valence-electron chi connectivity index (χ1n) is 36.6. The molecule has 113 heavy (non-hydrogen) atoms. The molecule has 1 aliphatic heterocycles. The molecule has 1 aromatic carbocycles. The van der Waals surface area contributed by atoms with Crippen molar-refractivity contribution in [2.75, 3.05) is 110 Å². The van der Waals surface area contributed by atoms with E-state index in [1.54, 1.807) is 68.2 Å². The number of hydrogen-bond acceptors (Lipinski definition) is 24. The molecule has 0 unspecified atom stereocenters. The number of nitrogens with one attached hydrogen (secondary N) is 16. The first-order chi connectivity index (χ1) is 53.5. The number of amides is 16. The second kappa shape index (κ2) is 49.1. The third-order valence-electron chi connectivity index (χ3n) is 17.4. The Morgan fingerprint density at radius 1 is 0.593 bits per heavy atom. The molecule has 3 aromatic rings. The highest BCUT2D eigenvalue weighted by molar-refractivity contribution is 7.99. The number of likely N-dealkylation sites (N-methyl/N-ethyl adjacent to an activating group) is 1. The standard InChI is InChI=1S/C70H110N22O19S2/c1-38(2)24-48(66(107)84-46(61(72)102)16-23-112-9)86-67(108)50(26-43-29-73-36-78-43)81-56(97)31-77-70(111)60(39(3)4)89-62(103)40(5)80-65(106)49(25-42-28-75-45-13-11-10-12-44(42)45)87-64(105)47(14-15-54(71)95)85-68(109)51(27-59(100)101)82-58(99)33-92-21-19-91(20-22-92)18-17-74-55(96)30-76-63(104)53(35-113-37-79-41(6)94)88-69(110)52(34-93)83-57(98)32-90(7)8/h10-13,28-29,36,38-40,46-53,60,75,93H,14-27,30-35,37H2,1-9H3,(H2,71,95)(H2,72,102)(H,73,78)(H,74,96)(H,76,104)(H,77,111)(H,79,94)(H,80,106)(H,81,97)(H,82,99)(H,83,98)(H,84,107)(H,85,109)(H,86,108)(H,87,105)(H,88,110)(H,89,103)(H,100,101)/t40-,46-,47-,48-,49-,50-,51-,52-,53-,60-/m0/s1. The Bertz CT molecular complexity index is 3750. The summed E-state index contributed by atoms with van der Waals surface area (Å²) in [5.41, 5.74) is 12.6. The smallest absolute Gasteiger partial charge is 0.305 e. The van der Waals surface area contributed by atoms with E-state index in [-0.39, 0.29) is 68.8 Å². The highest BCUT2D eigenvalue weighted by atomic mass is 32.2. The van der Waals surface area contributed by atoms with Gasteiger partial charge in [-0.1, -0.05) is 45.9 Å². The number of aliphatic hydroxyl groups excluding tert-OH is 1. The molecule has 2 aromatic heterocycles. The summed E-state index contributed by atoms with van der Waals surface area (Å²) in [7, 11) is 3.26. The Morgan fingerprint density at radius 3 is 1.79 bits per heavy atom. The first-order valence-corrected chi connectivity index (χ1v) is 39.2. The molecule has 1 aliphatic rings. The summed E-state index contributed by atoms with van der Waals surface area (Å²) in [6, 6.07) is -7.00. The minimum Gasteiger partial charge on any atom is -0.481 e. The Labute approximate surface area is 662 Å². The van der Waals surface area contributed by atoms with Crippen LogP contribution in [0.2, 0.25) is 0 Å². The fourth-order valence-corrected chi connectivity index (χ4v) is 12.7. The van der Waals surface area contributed by atoms with Crippen molar-refractivity contribution in [3.63, 3.8) is 0 Å². The zero-order valence-corrected chi connectivity index (χ0v) is 66.5. The maximum Gasteiger partial charge on any atom is 0.305 e. The number of aromatic nitrogens is 3. The minimum absolute atomic E-state index is 0.0593. The van der Waals surface area contributed by atoms with Crippen molar-refractivity contribution in [1.29, 1.82) is 0 Å². The molecule has 626 valence electrons. The number of piperazine rings is 1. The van der Waals surface area contributed by atoms with E-state index in [0.29, 0.717) is 60.6 Å². The predicted octanol–water partition coefficient (Wildman–Crippen LogP) is -7.43. The van der Waals surface area contributed by atoms with Gasteiger partial charge in [0.05, 0.1) is 51.4 Å². The van der Waals surface area contributed by atoms with Gasteiger partial charge in [0.25, 0.3) is 0 Å². The molecule has 1 fully saturated rings. The average molecular weight is 1630 g/mol. The number of nitrogens with two attached hydrogens (primary N) is 2. The zero-order chi connectivity index (χ0) is 84.0. The van der Waals surface area contributed by atoms with Crippen LogP contribution in [0.15, 0.2) is 43.0 Å². The number of rotatable bonds is 51. The van der Waals surface area contributed by atoms with Crippen molar-refractivity contribution in [2.45, 2.75) is 147 Å². The summed E-state index contributed by atoms with van der Waals surface area (Å²) >= 11 is 2.53. The number of carboxylic acid groups (broad SMARTS) is 1. The van der Waals surface area contributed by atoms with Crippen LogP contribution in [-0.4, -0.2) is 311 Å². The largest absolute Gasteiger partial charge is 0.481 e. The molecule has 0 bridgehead atoms. The van der Waals surface area contributed by atoms with Gasteiger partial charge in [0.15, 0.2) is 0 Å². The molecule has 0 aliphatic carbocycles. The van der Waals surface area contributed by atoms with E-state index in [9.17, 15) is 91.7 Å². The summed E-state index contributed by atoms with van der Waals surface area (Å²) in [6.07, 6.45) is 4.21. The number of primary amides is 2. The van der Waals surface area contributed by atoms with E-state index < -0.39 is 200 Å². The second-order valence-corrected chi connectivity index (χ2v) is 30.0. The van der Waals surface area contributed by atoms with Crippen LogP contribution in [0.3, 0.4) is 0 Å². The molecule has 0 radical (unpaired) electrons. The number of carboxylic acids is 1. The van der Waals surface area contributed by atoms with E-state index in [1.807, 2.05) is 25.0 Å². The molecule has 10 atom stereocenters. The third-order valence-corrected chi connectivity index (χ3v) is 18.9. The van der Waals surface area contributed by atoms with Crippen LogP contribution in [0.4, 0.5) is 0 Å². The number of benzene rings is 1. The van der Waals surface area contributed by atoms with Crippen LogP contribution in [0, 0.1) is 11.8 Å². The third kappa shape index (κ3) is 35.4. The number of carbonyl (C=O) groups is 17. The van der Waals surface area contributed by atoms with Gasteiger partial charge < -0.3 is 111 Å².